The van der Waals surface area contributed by atoms with Gasteiger partial charge in [-0.25, -0.2) is 0 Å². The number of hydrogen-bond acceptors (Lipinski definition) is 5. The van der Waals surface area contributed by atoms with Gasteiger partial charge in [-0.1, -0.05) is 23.7 Å². The zero-order chi connectivity index (χ0) is 27.7. The first-order chi connectivity index (χ1) is 17.9. The smallest absolute Gasteiger partial charge is 0.251 e. The van der Waals surface area contributed by atoms with Gasteiger partial charge in [0.2, 0.25) is 5.91 Å². The number of nitriles is 1. The number of benzene rings is 2. The number of nitrogens with one attached hydrogen (secondary N) is 2. The molecule has 2 saturated heterocycles. The predicted molar refractivity (Wildman–Crippen MR) is 149 cm³/mol. The number of hydrogen-bond donors (Lipinski definition) is 2. The van der Waals surface area contributed by atoms with Crippen LogP contribution in [0.2, 0.25) is 5.02 Å². The molecule has 2 aromatic rings. The number of ether oxygens (including phenoxy) is 1. The molecule has 38 heavy (non-hydrogen) atoms. The number of carbonyl (C=O) groups is 2. The molecule has 2 amide bonds. The SMILES string of the molecule is CC(=O)N1CCC(c2cccc(Oc3ccc(C(=O)NC4CC(C)(C)NC(C)(C)C4)cc3Cl)c2C#N)CC1. The summed E-state index contributed by atoms with van der Waals surface area (Å²) >= 11 is 6.55. The topological polar surface area (TPSA) is 94.5 Å². The number of likely N-dealkylation sites (tertiary alicyclic amines) is 1. The maximum absolute atomic E-state index is 13.0. The Hall–Kier alpha value is -3.08. The monoisotopic (exact) mass is 536 g/mol. The van der Waals surface area contributed by atoms with Crippen molar-refractivity contribution in [2.75, 3.05) is 13.1 Å². The van der Waals surface area contributed by atoms with Crippen LogP contribution in [0.4, 0.5) is 0 Å². The Morgan fingerprint density at radius 2 is 1.74 bits per heavy atom. The molecule has 7 nitrogen and oxygen atoms in total. The van der Waals surface area contributed by atoms with Gasteiger partial charge in [-0.15, -0.1) is 0 Å². The third-order valence-electron chi connectivity index (χ3n) is 7.49. The largest absolute Gasteiger partial charge is 0.454 e. The van der Waals surface area contributed by atoms with E-state index in [9.17, 15) is 14.9 Å². The van der Waals surface area contributed by atoms with Crippen molar-refractivity contribution < 1.29 is 14.3 Å². The quantitative estimate of drug-likeness (QED) is 0.506. The molecule has 0 aromatic heterocycles. The molecular weight excluding hydrogens is 500 g/mol. The van der Waals surface area contributed by atoms with E-state index in [0.717, 1.165) is 31.2 Å². The van der Waals surface area contributed by atoms with E-state index in [0.29, 0.717) is 40.7 Å². The zero-order valence-electron chi connectivity index (χ0n) is 22.9. The summed E-state index contributed by atoms with van der Waals surface area (Å²) in [6.07, 6.45) is 3.26. The Balaban J connectivity index is 1.47. The Morgan fingerprint density at radius 3 is 2.32 bits per heavy atom. The average molecular weight is 537 g/mol. The lowest BCUT2D eigenvalue weighted by atomic mass is 9.79. The van der Waals surface area contributed by atoms with Crippen molar-refractivity contribution in [1.29, 1.82) is 5.26 Å². The Morgan fingerprint density at radius 1 is 1.08 bits per heavy atom. The van der Waals surface area contributed by atoms with Gasteiger partial charge in [0.15, 0.2) is 0 Å². The zero-order valence-corrected chi connectivity index (χ0v) is 23.6. The fourth-order valence-electron chi connectivity index (χ4n) is 6.13. The molecule has 2 fully saturated rings. The molecular formula is C30H37ClN4O3. The van der Waals surface area contributed by atoms with E-state index in [1.807, 2.05) is 17.0 Å². The minimum atomic E-state index is -0.173. The van der Waals surface area contributed by atoms with Crippen LogP contribution in [0.5, 0.6) is 11.5 Å². The molecule has 4 rings (SSSR count). The van der Waals surface area contributed by atoms with Gasteiger partial charge in [0.05, 0.1) is 10.6 Å². The van der Waals surface area contributed by atoms with E-state index in [-0.39, 0.29) is 34.9 Å². The molecule has 0 radical (unpaired) electrons. The minimum Gasteiger partial charge on any atom is -0.454 e. The highest BCUT2D eigenvalue weighted by Crippen LogP contribution is 2.37. The third kappa shape index (κ3) is 6.48. The van der Waals surface area contributed by atoms with Gasteiger partial charge in [-0.2, -0.15) is 5.26 Å². The second kappa shape index (κ2) is 11.0. The van der Waals surface area contributed by atoms with E-state index in [4.69, 9.17) is 16.3 Å². The normalized spacial score (nSPS) is 19.4. The fraction of sp³-hybridized carbons (Fsp3) is 0.500. The molecule has 2 N–H and O–H groups in total. The minimum absolute atomic E-state index is 0.0479. The average Bonchev–Trinajstić information content (AvgIpc) is 2.83. The van der Waals surface area contributed by atoms with Crippen molar-refractivity contribution in [3.63, 3.8) is 0 Å². The van der Waals surface area contributed by atoms with Gasteiger partial charge < -0.3 is 20.3 Å². The van der Waals surface area contributed by atoms with E-state index in [2.05, 4.69) is 44.4 Å². The number of rotatable bonds is 5. The van der Waals surface area contributed by atoms with Crippen molar-refractivity contribution >= 4 is 23.4 Å². The highest BCUT2D eigenvalue weighted by atomic mass is 35.5. The second-order valence-corrected chi connectivity index (χ2v) is 12.2. The van der Waals surface area contributed by atoms with Gasteiger partial charge in [0, 0.05) is 42.7 Å². The van der Waals surface area contributed by atoms with Crippen LogP contribution in [0.25, 0.3) is 0 Å². The van der Waals surface area contributed by atoms with Crippen LogP contribution in [0.1, 0.15) is 87.7 Å². The van der Waals surface area contributed by atoms with Crippen LogP contribution < -0.4 is 15.4 Å². The number of piperidine rings is 2. The fourth-order valence-corrected chi connectivity index (χ4v) is 6.35. The third-order valence-corrected chi connectivity index (χ3v) is 7.79. The standard InChI is InChI=1S/C30H37ClN4O3/c1-19(36)35-13-11-20(12-14-35)23-7-6-8-26(24(23)18-32)38-27-10-9-21(15-25(27)31)28(37)33-22-16-29(2,3)34-30(4,5)17-22/h6-10,15,20,22,34H,11-14,16-17H2,1-5H3,(H,33,37). The maximum Gasteiger partial charge on any atom is 0.251 e. The van der Waals surface area contributed by atoms with E-state index >= 15 is 0 Å². The maximum atomic E-state index is 13.0. The molecule has 0 bridgehead atoms. The molecule has 0 atom stereocenters. The van der Waals surface area contributed by atoms with Crippen molar-refractivity contribution in [3.05, 3.63) is 58.1 Å². The molecule has 202 valence electrons. The van der Waals surface area contributed by atoms with Gasteiger partial charge in [0.1, 0.15) is 17.6 Å². The van der Waals surface area contributed by atoms with Crippen LogP contribution >= 0.6 is 11.6 Å². The van der Waals surface area contributed by atoms with Gasteiger partial charge >= 0.3 is 0 Å². The van der Waals surface area contributed by atoms with Crippen LogP contribution in [-0.4, -0.2) is 46.9 Å². The van der Waals surface area contributed by atoms with Gasteiger partial charge in [-0.05, 0) is 89.1 Å². The van der Waals surface area contributed by atoms with Crippen LogP contribution in [0.3, 0.4) is 0 Å². The number of carbonyl (C=O) groups excluding carboxylic acids is 2. The lowest BCUT2D eigenvalue weighted by Crippen LogP contribution is -2.62. The molecule has 0 saturated carbocycles. The highest BCUT2D eigenvalue weighted by Gasteiger charge is 2.38. The molecule has 0 spiro atoms. The number of amides is 2. The van der Waals surface area contributed by atoms with Crippen molar-refractivity contribution in [3.8, 4) is 17.6 Å². The van der Waals surface area contributed by atoms with Gasteiger partial charge in [0.25, 0.3) is 5.91 Å². The number of halogens is 1. The Kier molecular flexibility index (Phi) is 8.06. The highest BCUT2D eigenvalue weighted by molar-refractivity contribution is 6.32. The number of nitrogens with zero attached hydrogens (tertiary/aromatic N) is 2. The molecule has 8 heteroatoms. The first-order valence-corrected chi connectivity index (χ1v) is 13.6. The van der Waals surface area contributed by atoms with E-state index in [1.165, 1.54) is 0 Å². The molecule has 2 aliphatic rings. The van der Waals surface area contributed by atoms with Gasteiger partial charge in [-0.3, -0.25) is 9.59 Å². The molecule has 2 aliphatic heterocycles. The van der Waals surface area contributed by atoms with Crippen molar-refractivity contribution in [2.24, 2.45) is 0 Å². The summed E-state index contributed by atoms with van der Waals surface area (Å²) in [6, 6.07) is 12.9. The van der Waals surface area contributed by atoms with Crippen molar-refractivity contribution in [1.82, 2.24) is 15.5 Å². The molecule has 2 heterocycles. The first kappa shape index (κ1) is 27.9. The molecule has 2 aromatic carbocycles. The van der Waals surface area contributed by atoms with E-state index < -0.39 is 0 Å². The lowest BCUT2D eigenvalue weighted by molar-refractivity contribution is -0.129. The van der Waals surface area contributed by atoms with Crippen LogP contribution in [-0.2, 0) is 4.79 Å². The Labute approximate surface area is 230 Å². The van der Waals surface area contributed by atoms with Crippen LogP contribution in [0.15, 0.2) is 36.4 Å². The molecule has 0 unspecified atom stereocenters. The summed E-state index contributed by atoms with van der Waals surface area (Å²) in [5.74, 6) is 0.893. The summed E-state index contributed by atoms with van der Waals surface area (Å²) in [6.45, 7) is 11.5. The van der Waals surface area contributed by atoms with Crippen molar-refractivity contribution in [2.45, 2.75) is 83.3 Å². The van der Waals surface area contributed by atoms with E-state index in [1.54, 1.807) is 31.2 Å². The summed E-state index contributed by atoms with van der Waals surface area (Å²) in [5.41, 5.74) is 1.71. The summed E-state index contributed by atoms with van der Waals surface area (Å²) in [4.78, 5) is 26.6. The summed E-state index contributed by atoms with van der Waals surface area (Å²) in [5, 5.41) is 17.1. The second-order valence-electron chi connectivity index (χ2n) is 11.8. The lowest BCUT2D eigenvalue weighted by Gasteiger charge is -2.46. The summed E-state index contributed by atoms with van der Waals surface area (Å²) < 4.78 is 6.10. The molecule has 0 aliphatic carbocycles. The van der Waals surface area contributed by atoms with Crippen LogP contribution in [0, 0.1) is 11.3 Å². The summed E-state index contributed by atoms with van der Waals surface area (Å²) in [7, 11) is 0. The Bertz CT molecular complexity index is 1240. The predicted octanol–water partition coefficient (Wildman–Crippen LogP) is 5.77. The first-order valence-electron chi connectivity index (χ1n) is 13.2.